The number of halogens is 1. The Morgan fingerprint density at radius 3 is 2.39 bits per heavy atom. The zero-order valence-corrected chi connectivity index (χ0v) is 18.3. The van der Waals surface area contributed by atoms with Crippen LogP contribution in [0.25, 0.3) is 17.5 Å². The molecule has 1 N–H and O–H groups in total. The first-order valence-corrected chi connectivity index (χ1v) is 10.4. The monoisotopic (exact) mass is 442 g/mol. The third-order valence-corrected chi connectivity index (χ3v) is 5.02. The summed E-state index contributed by atoms with van der Waals surface area (Å²) in [6, 6.07) is 21.3. The highest BCUT2D eigenvalue weighted by Gasteiger charge is 2.16. The molecule has 0 amide bonds. The van der Waals surface area contributed by atoms with Crippen LogP contribution in [0.15, 0.2) is 78.9 Å². The molecule has 3 aromatic carbocycles. The normalized spacial score (nSPS) is 11.0. The third-order valence-electron chi connectivity index (χ3n) is 5.02. The van der Waals surface area contributed by atoms with E-state index in [0.717, 1.165) is 22.4 Å². The molecule has 4 rings (SSSR count). The summed E-state index contributed by atoms with van der Waals surface area (Å²) < 4.78 is 19.6. The van der Waals surface area contributed by atoms with Crippen molar-refractivity contribution in [2.45, 2.75) is 13.5 Å². The van der Waals surface area contributed by atoms with Crippen molar-refractivity contribution in [1.29, 1.82) is 0 Å². The average Bonchev–Trinajstić information content (AvgIpc) is 3.27. The molecule has 1 aromatic heterocycles. The van der Waals surface area contributed by atoms with E-state index in [4.69, 9.17) is 4.74 Å². The fourth-order valence-corrected chi connectivity index (χ4v) is 3.14. The Hall–Kier alpha value is -4.26. The number of hydrogen-bond acceptors (Lipinski definition) is 5. The molecular weight excluding hydrogens is 419 g/mol. The molecule has 1 heterocycles. The summed E-state index contributed by atoms with van der Waals surface area (Å²) in [6.45, 7) is 2.45. The number of hydrogen-bond donors (Lipinski definition) is 1. The Kier molecular flexibility index (Phi) is 6.59. The van der Waals surface area contributed by atoms with E-state index in [1.54, 1.807) is 25.3 Å². The fourth-order valence-electron chi connectivity index (χ4n) is 3.14. The van der Waals surface area contributed by atoms with Gasteiger partial charge in [-0.3, -0.25) is 4.79 Å². The lowest BCUT2D eigenvalue weighted by atomic mass is 10.1. The molecule has 0 radical (unpaired) electrons. The predicted octanol–water partition coefficient (Wildman–Crippen LogP) is 5.37. The maximum Gasteiger partial charge on any atom is 0.274 e. The number of anilines is 1. The predicted molar refractivity (Wildman–Crippen MR) is 127 cm³/mol. The van der Waals surface area contributed by atoms with Gasteiger partial charge in [-0.1, -0.05) is 54.1 Å². The number of carbonyl (C=O) groups is 1. The molecule has 0 unspecified atom stereocenters. The van der Waals surface area contributed by atoms with E-state index in [1.807, 2.05) is 55.5 Å². The Bertz CT molecular complexity index is 1260. The van der Waals surface area contributed by atoms with Crippen LogP contribution < -0.4 is 10.1 Å². The van der Waals surface area contributed by atoms with Crippen LogP contribution >= 0.6 is 0 Å². The summed E-state index contributed by atoms with van der Waals surface area (Å²) in [5, 5.41) is 7.64. The maximum atomic E-state index is 13.1. The van der Waals surface area contributed by atoms with Crippen LogP contribution in [0.2, 0.25) is 0 Å². The standard InChI is InChI=1S/C26H23FN4O2/c1-18-3-10-21(11-4-18)25-29-26(28-17-20-7-14-23(33-2)15-8-20)31(30-25)24(32)16-9-19-5-12-22(27)13-6-19/h3-16H,17H2,1-2H3,(H,28,29,30). The molecule has 4 aromatic rings. The molecule has 0 spiro atoms. The van der Waals surface area contributed by atoms with Gasteiger partial charge in [-0.2, -0.15) is 9.67 Å². The van der Waals surface area contributed by atoms with E-state index >= 15 is 0 Å². The SMILES string of the molecule is COc1ccc(CNc2nc(-c3ccc(C)cc3)nn2C(=O)C=Cc2ccc(F)cc2)cc1. The second kappa shape index (κ2) is 9.91. The zero-order chi connectivity index (χ0) is 23.2. The lowest BCUT2D eigenvalue weighted by molar-refractivity contribution is 0.0957. The summed E-state index contributed by atoms with van der Waals surface area (Å²) in [4.78, 5) is 17.5. The van der Waals surface area contributed by atoms with Gasteiger partial charge in [0.2, 0.25) is 5.95 Å². The van der Waals surface area contributed by atoms with Crippen LogP contribution in [-0.2, 0) is 6.54 Å². The molecule has 33 heavy (non-hydrogen) atoms. The molecule has 0 saturated carbocycles. The highest BCUT2D eigenvalue weighted by atomic mass is 19.1. The van der Waals surface area contributed by atoms with Crippen LogP contribution in [0.3, 0.4) is 0 Å². The highest BCUT2D eigenvalue weighted by Crippen LogP contribution is 2.20. The zero-order valence-electron chi connectivity index (χ0n) is 18.3. The number of aryl methyl sites for hydroxylation is 1. The van der Waals surface area contributed by atoms with Crippen molar-refractivity contribution < 1.29 is 13.9 Å². The number of rotatable bonds is 7. The lowest BCUT2D eigenvalue weighted by Crippen LogP contribution is -2.14. The van der Waals surface area contributed by atoms with Gasteiger partial charge in [-0.05, 0) is 48.4 Å². The Morgan fingerprint density at radius 2 is 1.73 bits per heavy atom. The minimum Gasteiger partial charge on any atom is -0.497 e. The van der Waals surface area contributed by atoms with Crippen molar-refractivity contribution in [1.82, 2.24) is 14.8 Å². The van der Waals surface area contributed by atoms with Gasteiger partial charge in [-0.15, -0.1) is 5.10 Å². The minimum atomic E-state index is -0.373. The average molecular weight is 442 g/mol. The van der Waals surface area contributed by atoms with Crippen molar-refractivity contribution >= 4 is 17.9 Å². The first kappa shape index (κ1) is 22.0. The Balaban J connectivity index is 1.60. The van der Waals surface area contributed by atoms with E-state index in [2.05, 4.69) is 15.4 Å². The number of nitrogens with one attached hydrogen (secondary N) is 1. The first-order valence-electron chi connectivity index (χ1n) is 10.4. The van der Waals surface area contributed by atoms with Crippen molar-refractivity contribution in [2.24, 2.45) is 0 Å². The second-order valence-corrected chi connectivity index (χ2v) is 7.46. The van der Waals surface area contributed by atoms with Gasteiger partial charge in [0.25, 0.3) is 5.91 Å². The highest BCUT2D eigenvalue weighted by molar-refractivity contribution is 5.94. The number of allylic oxidation sites excluding steroid dienone is 1. The van der Waals surface area contributed by atoms with Crippen molar-refractivity contribution in [3.8, 4) is 17.1 Å². The van der Waals surface area contributed by atoms with Crippen molar-refractivity contribution in [2.75, 3.05) is 12.4 Å². The number of nitrogens with zero attached hydrogens (tertiary/aromatic N) is 3. The quantitative estimate of drug-likeness (QED) is 0.390. The molecular formula is C26H23FN4O2. The molecule has 0 fully saturated rings. The maximum absolute atomic E-state index is 13.1. The van der Waals surface area contributed by atoms with Gasteiger partial charge in [0, 0.05) is 18.2 Å². The minimum absolute atomic E-state index is 0.329. The second-order valence-electron chi connectivity index (χ2n) is 7.46. The third kappa shape index (κ3) is 5.51. The first-order chi connectivity index (χ1) is 16.0. The molecule has 0 aliphatic rings. The Labute approximate surface area is 191 Å². The van der Waals surface area contributed by atoms with Gasteiger partial charge in [0.05, 0.1) is 7.11 Å². The van der Waals surface area contributed by atoms with E-state index in [9.17, 15) is 9.18 Å². The van der Waals surface area contributed by atoms with E-state index < -0.39 is 0 Å². The van der Waals surface area contributed by atoms with E-state index in [1.165, 1.54) is 22.9 Å². The van der Waals surface area contributed by atoms with Crippen LogP contribution in [0, 0.1) is 12.7 Å². The molecule has 166 valence electrons. The van der Waals surface area contributed by atoms with Crippen molar-refractivity contribution in [3.63, 3.8) is 0 Å². The van der Waals surface area contributed by atoms with Crippen LogP contribution in [0.4, 0.5) is 10.3 Å². The summed E-state index contributed by atoms with van der Waals surface area (Å²) in [6.07, 6.45) is 3.00. The largest absolute Gasteiger partial charge is 0.497 e. The molecule has 0 aliphatic carbocycles. The van der Waals surface area contributed by atoms with Gasteiger partial charge in [0.15, 0.2) is 5.82 Å². The molecule has 6 nitrogen and oxygen atoms in total. The van der Waals surface area contributed by atoms with Gasteiger partial charge >= 0.3 is 0 Å². The van der Waals surface area contributed by atoms with Crippen LogP contribution in [0.5, 0.6) is 5.75 Å². The van der Waals surface area contributed by atoms with Crippen LogP contribution in [0.1, 0.15) is 21.5 Å². The Morgan fingerprint density at radius 1 is 1.03 bits per heavy atom. The van der Waals surface area contributed by atoms with E-state index in [-0.39, 0.29) is 11.7 Å². The number of aromatic nitrogens is 3. The topological polar surface area (TPSA) is 69.0 Å². The molecule has 0 bridgehead atoms. The number of benzene rings is 3. The molecule has 7 heteroatoms. The molecule has 0 atom stereocenters. The number of carbonyl (C=O) groups excluding carboxylic acids is 1. The summed E-state index contributed by atoms with van der Waals surface area (Å²) in [5.41, 5.74) is 3.63. The van der Waals surface area contributed by atoms with Crippen LogP contribution in [-0.4, -0.2) is 27.8 Å². The van der Waals surface area contributed by atoms with Gasteiger partial charge in [0.1, 0.15) is 11.6 Å². The smallest absolute Gasteiger partial charge is 0.274 e. The number of ether oxygens (including phenoxy) is 1. The van der Waals surface area contributed by atoms with Gasteiger partial charge < -0.3 is 10.1 Å². The lowest BCUT2D eigenvalue weighted by Gasteiger charge is -2.07. The number of methoxy groups -OCH3 is 1. The van der Waals surface area contributed by atoms with Gasteiger partial charge in [-0.25, -0.2) is 4.39 Å². The molecule has 0 saturated heterocycles. The fraction of sp³-hybridized carbons (Fsp3) is 0.115. The summed E-state index contributed by atoms with van der Waals surface area (Å²) >= 11 is 0. The van der Waals surface area contributed by atoms with Crippen molar-refractivity contribution in [3.05, 3.63) is 101 Å². The summed E-state index contributed by atoms with van der Waals surface area (Å²) in [7, 11) is 1.62. The summed E-state index contributed by atoms with van der Waals surface area (Å²) in [5.74, 6) is 0.834. The molecule has 0 aliphatic heterocycles. The van der Waals surface area contributed by atoms with E-state index in [0.29, 0.717) is 23.9 Å².